The van der Waals surface area contributed by atoms with Crippen LogP contribution in [0.1, 0.15) is 61.1 Å². The molecular weight excluding hydrogens is 380 g/mol. The predicted octanol–water partition coefficient (Wildman–Crippen LogP) is 4.04. The molecule has 1 aromatic carbocycles. The summed E-state index contributed by atoms with van der Waals surface area (Å²) < 4.78 is 7.31. The quantitative estimate of drug-likeness (QED) is 0.760. The fourth-order valence-electron chi connectivity index (χ4n) is 3.65. The highest BCUT2D eigenvalue weighted by molar-refractivity contribution is 5.93. The van der Waals surface area contributed by atoms with Gasteiger partial charge >= 0.3 is 6.09 Å². The summed E-state index contributed by atoms with van der Waals surface area (Å²) in [6.45, 7) is 9.40. The van der Waals surface area contributed by atoms with Crippen LogP contribution in [0.5, 0.6) is 0 Å². The first-order valence-electron chi connectivity index (χ1n) is 10.5. The Hall–Kier alpha value is -2.83. The molecule has 162 valence electrons. The van der Waals surface area contributed by atoms with Crippen molar-refractivity contribution in [2.75, 3.05) is 20.1 Å². The van der Waals surface area contributed by atoms with Crippen LogP contribution in [0.15, 0.2) is 36.7 Å². The molecule has 30 heavy (non-hydrogen) atoms. The molecule has 1 saturated heterocycles. The van der Waals surface area contributed by atoms with Crippen molar-refractivity contribution in [2.24, 2.45) is 0 Å². The molecule has 1 atom stereocenters. The van der Waals surface area contributed by atoms with Crippen molar-refractivity contribution in [3.63, 3.8) is 0 Å². The van der Waals surface area contributed by atoms with Gasteiger partial charge in [-0.3, -0.25) is 9.48 Å². The maximum Gasteiger partial charge on any atom is 0.410 e. The van der Waals surface area contributed by atoms with E-state index >= 15 is 0 Å². The number of likely N-dealkylation sites (tertiary alicyclic amines) is 1. The van der Waals surface area contributed by atoms with Crippen LogP contribution in [0, 0.1) is 6.92 Å². The lowest BCUT2D eigenvalue weighted by Crippen LogP contribution is -2.43. The zero-order chi connectivity index (χ0) is 21.9. The molecule has 0 spiro atoms. The molecule has 3 rings (SSSR count). The summed E-state index contributed by atoms with van der Waals surface area (Å²) in [4.78, 5) is 28.7. The summed E-state index contributed by atoms with van der Waals surface area (Å²) in [5, 5.41) is 4.43. The Morgan fingerprint density at radius 3 is 2.70 bits per heavy atom. The number of aromatic nitrogens is 2. The molecule has 1 aromatic heterocycles. The fraction of sp³-hybridized carbons (Fsp3) is 0.522. The zero-order valence-corrected chi connectivity index (χ0v) is 18.6. The average Bonchev–Trinajstić information content (AvgIpc) is 3.18. The number of amides is 2. The largest absolute Gasteiger partial charge is 0.444 e. The van der Waals surface area contributed by atoms with Crippen LogP contribution in [-0.4, -0.2) is 57.3 Å². The number of benzene rings is 1. The third kappa shape index (κ3) is 5.40. The lowest BCUT2D eigenvalue weighted by atomic mass is 10.1. The van der Waals surface area contributed by atoms with Gasteiger partial charge in [-0.1, -0.05) is 24.3 Å². The number of nitrogens with zero attached hydrogens (tertiary/aromatic N) is 4. The van der Waals surface area contributed by atoms with Gasteiger partial charge in [-0.25, -0.2) is 4.79 Å². The molecule has 7 heteroatoms. The predicted molar refractivity (Wildman–Crippen MR) is 115 cm³/mol. The van der Waals surface area contributed by atoms with Crippen molar-refractivity contribution in [3.05, 3.63) is 53.3 Å². The van der Waals surface area contributed by atoms with Gasteiger partial charge in [0.1, 0.15) is 5.60 Å². The van der Waals surface area contributed by atoms with Crippen molar-refractivity contribution in [1.82, 2.24) is 19.6 Å². The van der Waals surface area contributed by atoms with Gasteiger partial charge in [0, 0.05) is 32.9 Å². The van der Waals surface area contributed by atoms with Crippen LogP contribution < -0.4 is 0 Å². The van der Waals surface area contributed by atoms with Crippen LogP contribution in [0.2, 0.25) is 0 Å². The van der Waals surface area contributed by atoms with Crippen molar-refractivity contribution < 1.29 is 14.3 Å². The number of piperidine rings is 1. The minimum absolute atomic E-state index is 0.0366. The highest BCUT2D eigenvalue weighted by Gasteiger charge is 2.29. The molecule has 1 unspecified atom stereocenters. The minimum Gasteiger partial charge on any atom is -0.444 e. The Kier molecular flexibility index (Phi) is 6.48. The maximum absolute atomic E-state index is 12.9. The fourth-order valence-corrected chi connectivity index (χ4v) is 3.65. The first-order valence-corrected chi connectivity index (χ1v) is 10.5. The zero-order valence-electron chi connectivity index (χ0n) is 18.6. The van der Waals surface area contributed by atoms with E-state index in [-0.39, 0.29) is 18.0 Å². The summed E-state index contributed by atoms with van der Waals surface area (Å²) in [6, 6.07) is 8.10. The molecule has 0 saturated carbocycles. The Bertz CT molecular complexity index is 900. The smallest absolute Gasteiger partial charge is 0.410 e. The van der Waals surface area contributed by atoms with E-state index < -0.39 is 5.60 Å². The molecule has 1 fully saturated rings. The normalized spacial score (nSPS) is 17.0. The first-order chi connectivity index (χ1) is 14.1. The second-order valence-electron chi connectivity index (χ2n) is 9.02. The van der Waals surface area contributed by atoms with Gasteiger partial charge in [-0.05, 0) is 51.7 Å². The van der Waals surface area contributed by atoms with E-state index in [4.69, 9.17) is 4.74 Å². The van der Waals surface area contributed by atoms with Crippen LogP contribution >= 0.6 is 0 Å². The van der Waals surface area contributed by atoms with Crippen LogP contribution in [0.3, 0.4) is 0 Å². The molecule has 0 radical (unpaired) electrons. The van der Waals surface area contributed by atoms with Crippen molar-refractivity contribution in [2.45, 2.75) is 58.7 Å². The van der Waals surface area contributed by atoms with E-state index in [1.54, 1.807) is 29.2 Å². The van der Waals surface area contributed by atoms with Crippen molar-refractivity contribution in [3.8, 4) is 0 Å². The number of rotatable bonds is 4. The van der Waals surface area contributed by atoms with E-state index in [1.165, 1.54) is 0 Å². The summed E-state index contributed by atoms with van der Waals surface area (Å²) in [5.74, 6) is -0.0655. The van der Waals surface area contributed by atoms with E-state index in [9.17, 15) is 9.59 Å². The van der Waals surface area contributed by atoms with Gasteiger partial charge in [0.15, 0.2) is 0 Å². The van der Waals surface area contributed by atoms with E-state index in [0.717, 1.165) is 24.0 Å². The average molecular weight is 413 g/mol. The maximum atomic E-state index is 12.9. The number of hydrogen-bond donors (Lipinski definition) is 0. The van der Waals surface area contributed by atoms with Gasteiger partial charge < -0.3 is 14.5 Å². The molecule has 1 aliphatic heterocycles. The molecule has 0 N–H and O–H groups in total. The standard InChI is InChI=1S/C23H32N4O3/c1-17-9-6-7-10-18(17)14-25(5)21(28)19-13-24-27(15-19)20-11-8-12-26(16-20)22(29)30-23(2,3)4/h6-7,9-10,13,15,20H,8,11-12,14,16H2,1-5H3. The summed E-state index contributed by atoms with van der Waals surface area (Å²) in [5.41, 5.74) is 2.33. The SMILES string of the molecule is Cc1ccccc1CN(C)C(=O)c1cnn(C2CCCN(C(=O)OC(C)(C)C)C2)c1. The molecular formula is C23H32N4O3. The molecule has 0 aliphatic carbocycles. The van der Waals surface area contributed by atoms with Crippen LogP contribution in [0.4, 0.5) is 4.79 Å². The number of carbonyl (C=O) groups excluding carboxylic acids is 2. The van der Waals surface area contributed by atoms with E-state index in [0.29, 0.717) is 25.2 Å². The van der Waals surface area contributed by atoms with Gasteiger partial charge in [-0.15, -0.1) is 0 Å². The Morgan fingerprint density at radius 2 is 2.00 bits per heavy atom. The minimum atomic E-state index is -0.517. The van der Waals surface area contributed by atoms with Crippen LogP contribution in [-0.2, 0) is 11.3 Å². The second-order valence-corrected chi connectivity index (χ2v) is 9.02. The number of carbonyl (C=O) groups is 2. The van der Waals surface area contributed by atoms with Gasteiger partial charge in [0.05, 0.1) is 17.8 Å². The highest BCUT2D eigenvalue weighted by atomic mass is 16.6. The summed E-state index contributed by atoms with van der Waals surface area (Å²) >= 11 is 0. The van der Waals surface area contributed by atoms with Gasteiger partial charge in [-0.2, -0.15) is 5.10 Å². The van der Waals surface area contributed by atoms with Gasteiger partial charge in [0.2, 0.25) is 0 Å². The van der Waals surface area contributed by atoms with E-state index in [2.05, 4.69) is 5.10 Å². The molecule has 7 nitrogen and oxygen atoms in total. The highest BCUT2D eigenvalue weighted by Crippen LogP contribution is 2.23. The first kappa shape index (κ1) is 21.9. The third-order valence-corrected chi connectivity index (χ3v) is 5.29. The molecule has 1 aliphatic rings. The molecule has 2 amide bonds. The second kappa shape index (κ2) is 8.90. The number of aryl methyl sites for hydroxylation is 1. The molecule has 0 bridgehead atoms. The Morgan fingerprint density at radius 1 is 1.27 bits per heavy atom. The van der Waals surface area contributed by atoms with E-state index in [1.807, 2.05) is 56.6 Å². The van der Waals surface area contributed by atoms with Crippen molar-refractivity contribution >= 4 is 12.0 Å². The third-order valence-electron chi connectivity index (χ3n) is 5.29. The lowest BCUT2D eigenvalue weighted by Gasteiger charge is -2.34. The summed E-state index contributed by atoms with van der Waals surface area (Å²) in [7, 11) is 1.80. The molecule has 2 heterocycles. The van der Waals surface area contributed by atoms with Crippen molar-refractivity contribution in [1.29, 1.82) is 0 Å². The Balaban J connectivity index is 1.64. The monoisotopic (exact) mass is 412 g/mol. The number of hydrogen-bond acceptors (Lipinski definition) is 4. The summed E-state index contributed by atoms with van der Waals surface area (Å²) in [6.07, 6.45) is 4.89. The molecule has 2 aromatic rings. The lowest BCUT2D eigenvalue weighted by molar-refractivity contribution is 0.0167. The topological polar surface area (TPSA) is 67.7 Å². The number of ether oxygens (including phenoxy) is 1. The van der Waals surface area contributed by atoms with Gasteiger partial charge in [0.25, 0.3) is 5.91 Å². The van der Waals surface area contributed by atoms with Crippen LogP contribution in [0.25, 0.3) is 0 Å². The Labute approximate surface area is 178 Å².